The summed E-state index contributed by atoms with van der Waals surface area (Å²) in [6.45, 7) is -0.598. The molecule has 1 aromatic heterocycles. The molecular weight excluding hydrogens is 322 g/mol. The quantitative estimate of drug-likeness (QED) is 0.702. The molecule has 0 aliphatic heterocycles. The summed E-state index contributed by atoms with van der Waals surface area (Å²) in [4.78, 5) is 23.2. The van der Waals surface area contributed by atoms with Gasteiger partial charge in [0.2, 0.25) is 5.91 Å². The van der Waals surface area contributed by atoms with Gasteiger partial charge in [0.25, 0.3) is 0 Å². The van der Waals surface area contributed by atoms with Crippen LogP contribution in [0.15, 0.2) is 15.9 Å². The van der Waals surface area contributed by atoms with E-state index in [0.29, 0.717) is 6.42 Å². The second-order valence-electron chi connectivity index (χ2n) is 3.70. The monoisotopic (exact) mass is 335 g/mol. The van der Waals surface area contributed by atoms with Crippen LogP contribution in [-0.4, -0.2) is 34.7 Å². The first-order chi connectivity index (χ1) is 8.52. The number of carbonyl (C=O) groups excluding carboxylic acids is 1. The highest BCUT2D eigenvalue weighted by atomic mass is 79.9. The summed E-state index contributed by atoms with van der Waals surface area (Å²) >= 11 is 4.97. The maximum absolute atomic E-state index is 11.4. The SMILES string of the molecule is O=C(CCCc1ccc(Br)s1)NC(CO)C(=O)O. The molecule has 100 valence electrons. The number of carboxylic acid groups (broad SMARTS) is 1. The first kappa shape index (κ1) is 15.1. The highest BCUT2D eigenvalue weighted by Gasteiger charge is 2.18. The summed E-state index contributed by atoms with van der Waals surface area (Å²) in [5.74, 6) is -1.58. The number of aliphatic hydroxyl groups is 1. The number of aliphatic carboxylic acids is 1. The van der Waals surface area contributed by atoms with Crippen LogP contribution in [0.3, 0.4) is 0 Å². The predicted molar refractivity (Wildman–Crippen MR) is 71.6 cm³/mol. The fourth-order valence-electron chi connectivity index (χ4n) is 1.36. The zero-order valence-electron chi connectivity index (χ0n) is 9.56. The van der Waals surface area contributed by atoms with Crippen LogP contribution in [0.1, 0.15) is 17.7 Å². The Balaban J connectivity index is 2.26. The van der Waals surface area contributed by atoms with Gasteiger partial charge in [-0.15, -0.1) is 11.3 Å². The van der Waals surface area contributed by atoms with E-state index in [9.17, 15) is 9.59 Å². The molecule has 1 rings (SSSR count). The van der Waals surface area contributed by atoms with Crippen molar-refractivity contribution in [3.05, 3.63) is 20.8 Å². The molecule has 5 nitrogen and oxygen atoms in total. The molecule has 0 aliphatic carbocycles. The molecule has 0 bridgehead atoms. The number of hydrogen-bond acceptors (Lipinski definition) is 4. The van der Waals surface area contributed by atoms with Gasteiger partial charge in [0.1, 0.15) is 6.04 Å². The number of thiophene rings is 1. The number of nitrogens with one attached hydrogen (secondary N) is 1. The minimum atomic E-state index is -1.23. The normalized spacial score (nSPS) is 12.1. The molecule has 1 heterocycles. The van der Waals surface area contributed by atoms with Crippen molar-refractivity contribution in [3.8, 4) is 0 Å². The Morgan fingerprint density at radius 1 is 1.44 bits per heavy atom. The molecule has 7 heteroatoms. The third kappa shape index (κ3) is 5.16. The molecule has 18 heavy (non-hydrogen) atoms. The van der Waals surface area contributed by atoms with Crippen molar-refractivity contribution in [2.45, 2.75) is 25.3 Å². The van der Waals surface area contributed by atoms with Crippen LogP contribution in [0.25, 0.3) is 0 Å². The third-order valence-electron chi connectivity index (χ3n) is 2.27. The fourth-order valence-corrected chi connectivity index (χ4v) is 2.89. The highest BCUT2D eigenvalue weighted by molar-refractivity contribution is 9.11. The zero-order valence-corrected chi connectivity index (χ0v) is 12.0. The molecular formula is C11H14BrNO4S. The lowest BCUT2D eigenvalue weighted by atomic mass is 10.2. The molecule has 0 aromatic carbocycles. The lowest BCUT2D eigenvalue weighted by molar-refractivity contribution is -0.142. The predicted octanol–water partition coefficient (Wildman–Crippen LogP) is 1.40. The Morgan fingerprint density at radius 3 is 2.67 bits per heavy atom. The van der Waals surface area contributed by atoms with Crippen molar-refractivity contribution in [3.63, 3.8) is 0 Å². The number of halogens is 1. The van der Waals surface area contributed by atoms with E-state index in [2.05, 4.69) is 21.2 Å². The van der Waals surface area contributed by atoms with E-state index >= 15 is 0 Å². The van der Waals surface area contributed by atoms with Gasteiger partial charge in [0, 0.05) is 11.3 Å². The minimum absolute atomic E-state index is 0.249. The minimum Gasteiger partial charge on any atom is -0.480 e. The number of amides is 1. The van der Waals surface area contributed by atoms with Crippen molar-refractivity contribution in [1.82, 2.24) is 5.32 Å². The van der Waals surface area contributed by atoms with Gasteiger partial charge in [0.05, 0.1) is 10.4 Å². The summed E-state index contributed by atoms with van der Waals surface area (Å²) in [5, 5.41) is 19.7. The van der Waals surface area contributed by atoms with Crippen LogP contribution in [0.4, 0.5) is 0 Å². The van der Waals surface area contributed by atoms with Crippen LogP contribution < -0.4 is 5.32 Å². The Hall–Kier alpha value is -0.920. The van der Waals surface area contributed by atoms with Gasteiger partial charge >= 0.3 is 5.97 Å². The smallest absolute Gasteiger partial charge is 0.328 e. The average molecular weight is 336 g/mol. The fraction of sp³-hybridized carbons (Fsp3) is 0.455. The third-order valence-corrected chi connectivity index (χ3v) is 3.96. The summed E-state index contributed by atoms with van der Waals surface area (Å²) in [7, 11) is 0. The summed E-state index contributed by atoms with van der Waals surface area (Å²) in [6, 6.07) is 2.72. The van der Waals surface area contributed by atoms with E-state index < -0.39 is 18.6 Å². The Labute approximate surface area is 117 Å². The summed E-state index contributed by atoms with van der Waals surface area (Å²) < 4.78 is 1.05. The van der Waals surface area contributed by atoms with Crippen molar-refractivity contribution in [1.29, 1.82) is 0 Å². The molecule has 1 unspecified atom stereocenters. The molecule has 0 fully saturated rings. The lowest BCUT2D eigenvalue weighted by Crippen LogP contribution is -2.43. The molecule has 0 saturated heterocycles. The standard InChI is InChI=1S/C11H14BrNO4S/c12-9-5-4-7(18-9)2-1-3-10(15)13-8(6-14)11(16)17/h4-5,8,14H,1-3,6H2,(H,13,15)(H,16,17). The molecule has 0 spiro atoms. The van der Waals surface area contributed by atoms with E-state index in [1.807, 2.05) is 12.1 Å². The molecule has 0 radical (unpaired) electrons. The first-order valence-corrected chi connectivity index (χ1v) is 7.01. The molecule has 1 atom stereocenters. The van der Waals surface area contributed by atoms with Gasteiger partial charge in [-0.05, 0) is 40.9 Å². The topological polar surface area (TPSA) is 86.6 Å². The average Bonchev–Trinajstić information content (AvgIpc) is 2.71. The van der Waals surface area contributed by atoms with Gasteiger partial charge in [-0.25, -0.2) is 4.79 Å². The van der Waals surface area contributed by atoms with E-state index in [1.165, 1.54) is 4.88 Å². The van der Waals surface area contributed by atoms with E-state index in [4.69, 9.17) is 10.2 Å². The number of carboxylic acids is 1. The molecule has 0 saturated carbocycles. The first-order valence-electron chi connectivity index (χ1n) is 5.40. The molecule has 3 N–H and O–H groups in total. The lowest BCUT2D eigenvalue weighted by Gasteiger charge is -2.11. The number of aryl methyl sites for hydroxylation is 1. The van der Waals surface area contributed by atoms with Crippen LogP contribution in [-0.2, 0) is 16.0 Å². The van der Waals surface area contributed by atoms with Crippen molar-refractivity contribution in [2.24, 2.45) is 0 Å². The maximum Gasteiger partial charge on any atom is 0.328 e. The second kappa shape index (κ2) is 7.50. The molecule has 0 aliphatic rings. The van der Waals surface area contributed by atoms with E-state index in [-0.39, 0.29) is 12.3 Å². The number of carbonyl (C=O) groups is 2. The second-order valence-corrected chi connectivity index (χ2v) is 6.25. The summed E-state index contributed by atoms with van der Waals surface area (Å²) in [5.41, 5.74) is 0. The maximum atomic E-state index is 11.4. The van der Waals surface area contributed by atoms with E-state index in [0.717, 1.165) is 10.2 Å². The number of hydrogen-bond donors (Lipinski definition) is 3. The molecule has 1 aromatic rings. The van der Waals surface area contributed by atoms with Gasteiger partial charge in [-0.3, -0.25) is 4.79 Å². The Bertz CT molecular complexity index is 421. The van der Waals surface area contributed by atoms with Crippen LogP contribution in [0, 0.1) is 0 Å². The van der Waals surface area contributed by atoms with Gasteiger partial charge in [0.15, 0.2) is 0 Å². The Morgan fingerprint density at radius 2 is 2.17 bits per heavy atom. The Kier molecular flexibility index (Phi) is 6.31. The number of rotatable bonds is 7. The van der Waals surface area contributed by atoms with Crippen LogP contribution in [0.5, 0.6) is 0 Å². The highest BCUT2D eigenvalue weighted by Crippen LogP contribution is 2.23. The summed E-state index contributed by atoms with van der Waals surface area (Å²) in [6.07, 6.45) is 1.68. The van der Waals surface area contributed by atoms with Gasteiger partial charge in [-0.1, -0.05) is 0 Å². The van der Waals surface area contributed by atoms with Crippen molar-refractivity contribution >= 4 is 39.1 Å². The largest absolute Gasteiger partial charge is 0.480 e. The van der Waals surface area contributed by atoms with E-state index in [1.54, 1.807) is 11.3 Å². The van der Waals surface area contributed by atoms with Crippen molar-refractivity contribution in [2.75, 3.05) is 6.61 Å². The van der Waals surface area contributed by atoms with Gasteiger partial charge in [-0.2, -0.15) is 0 Å². The number of aliphatic hydroxyl groups excluding tert-OH is 1. The zero-order chi connectivity index (χ0) is 13.5. The van der Waals surface area contributed by atoms with Crippen molar-refractivity contribution < 1.29 is 19.8 Å². The molecule has 1 amide bonds. The van der Waals surface area contributed by atoms with Crippen LogP contribution >= 0.6 is 27.3 Å². The van der Waals surface area contributed by atoms with Crippen LogP contribution in [0.2, 0.25) is 0 Å². The van der Waals surface area contributed by atoms with Gasteiger partial charge < -0.3 is 15.5 Å².